The van der Waals surface area contributed by atoms with E-state index in [4.69, 9.17) is 0 Å². The molecule has 0 unspecified atom stereocenters. The third-order valence-electron chi connectivity index (χ3n) is 3.98. The Balaban J connectivity index is -0.000000602. The van der Waals surface area contributed by atoms with E-state index in [1.54, 1.807) is 0 Å². The Morgan fingerprint density at radius 1 is 0.652 bits per heavy atom. The first-order chi connectivity index (χ1) is 9.77. The minimum absolute atomic E-state index is 0. The molecule has 0 atom stereocenters. The van der Waals surface area contributed by atoms with Gasteiger partial charge < -0.3 is 15.4 Å². The van der Waals surface area contributed by atoms with E-state index in [0.717, 1.165) is 12.8 Å². The molecule has 0 spiro atoms. The van der Waals surface area contributed by atoms with Gasteiger partial charge in [0.2, 0.25) is 0 Å². The van der Waals surface area contributed by atoms with Crippen molar-refractivity contribution in [1.82, 2.24) is 0 Å². The fourth-order valence-electron chi connectivity index (χ4n) is 2.64. The molecule has 0 aliphatic heterocycles. The van der Waals surface area contributed by atoms with Crippen LogP contribution in [0.15, 0.2) is 0 Å². The summed E-state index contributed by atoms with van der Waals surface area (Å²) in [5.41, 5.74) is 0. The molecular weight excluding hydrogens is 377 g/mol. The van der Waals surface area contributed by atoms with Crippen molar-refractivity contribution in [2.45, 2.75) is 110 Å². The van der Waals surface area contributed by atoms with Crippen molar-refractivity contribution >= 4 is 5.97 Å². The second-order valence-electron chi connectivity index (χ2n) is 6.07. The Bertz CT molecular complexity index is 216. The molecule has 0 aromatic carbocycles. The van der Waals surface area contributed by atoms with Gasteiger partial charge >= 0.3 is 41.2 Å². The number of unbranched alkanes of at least 4 members (excludes halogenated alkanes) is 14. The third-order valence-corrected chi connectivity index (χ3v) is 3.98. The summed E-state index contributed by atoms with van der Waals surface area (Å²) in [5, 5.41) is 10.2. The van der Waals surface area contributed by atoms with E-state index >= 15 is 0 Å². The molecule has 0 amide bonds. The minimum Gasteiger partial charge on any atom is -2.00 e. The Morgan fingerprint density at radius 2 is 0.913 bits per heavy atom. The van der Waals surface area contributed by atoms with Gasteiger partial charge in [-0.15, -0.1) is 0 Å². The van der Waals surface area contributed by atoms with Gasteiger partial charge in [0.15, 0.2) is 0 Å². The van der Waals surface area contributed by atoms with Gasteiger partial charge in [0.1, 0.15) is 0 Å². The van der Waals surface area contributed by atoms with Crippen LogP contribution in [0.3, 0.4) is 0 Å². The quantitative estimate of drug-likeness (QED) is 0.268. The van der Waals surface area contributed by atoms with E-state index in [9.17, 15) is 9.90 Å². The molecule has 3 nitrogen and oxygen atoms in total. The molecule has 0 bridgehead atoms. The number of carbonyl (C=O) groups excluding carboxylic acids is 1. The predicted octanol–water partition coefficient (Wildman–Crippen LogP) is 4.87. The van der Waals surface area contributed by atoms with Crippen LogP contribution in [0.5, 0.6) is 0 Å². The van der Waals surface area contributed by atoms with Crippen molar-refractivity contribution in [3.8, 4) is 0 Å². The second-order valence-corrected chi connectivity index (χ2v) is 6.07. The van der Waals surface area contributed by atoms with Gasteiger partial charge in [0.05, 0.1) is 0 Å². The third kappa shape index (κ3) is 31.1. The average molecular weight is 413 g/mol. The molecule has 0 fully saturated rings. The Kier molecular flexibility index (Phi) is 37.8. The summed E-state index contributed by atoms with van der Waals surface area (Å²) < 4.78 is 0. The van der Waals surface area contributed by atoms with Crippen LogP contribution in [-0.2, 0) is 51.5 Å². The summed E-state index contributed by atoms with van der Waals surface area (Å²) >= 11 is 0. The van der Waals surface area contributed by atoms with E-state index < -0.39 is 5.97 Å². The van der Waals surface area contributed by atoms with Crippen molar-refractivity contribution in [1.29, 1.82) is 0 Å². The molecule has 0 aromatic rings. The normalized spacial score (nSPS) is 9.43. The molecule has 0 N–H and O–H groups in total. The van der Waals surface area contributed by atoms with Crippen LogP contribution >= 0.6 is 0 Å². The van der Waals surface area contributed by atoms with Gasteiger partial charge in [-0.05, 0) is 12.8 Å². The number of aliphatic carboxylic acids is 1. The first-order valence-electron chi connectivity index (χ1n) is 8.97. The fourth-order valence-corrected chi connectivity index (χ4v) is 2.64. The largest absolute Gasteiger partial charge is 4.00 e. The molecule has 0 aliphatic carbocycles. The molecule has 0 saturated carbocycles. The van der Waals surface area contributed by atoms with Gasteiger partial charge in [0, 0.05) is 5.97 Å². The summed E-state index contributed by atoms with van der Waals surface area (Å²) in [5.74, 6) is -0.903. The van der Waals surface area contributed by atoms with Gasteiger partial charge in [-0.3, -0.25) is 0 Å². The summed E-state index contributed by atoms with van der Waals surface area (Å²) in [6.45, 7) is 2.27. The maximum atomic E-state index is 10.2. The molecule has 0 radical (unpaired) electrons. The van der Waals surface area contributed by atoms with Crippen LogP contribution in [0.25, 0.3) is 0 Å². The summed E-state index contributed by atoms with van der Waals surface area (Å²) in [7, 11) is 0. The zero-order chi connectivity index (χ0) is 14.9. The Labute approximate surface area is 171 Å². The van der Waals surface area contributed by atoms with E-state index in [-0.39, 0.29) is 53.1 Å². The van der Waals surface area contributed by atoms with Gasteiger partial charge in [-0.25, -0.2) is 0 Å². The monoisotopic (exact) mass is 411 g/mol. The molecule has 0 saturated heterocycles. The number of carboxylic acid groups (broad SMARTS) is 1. The molecule has 0 aliphatic rings. The first-order valence-corrected chi connectivity index (χ1v) is 8.97. The van der Waals surface area contributed by atoms with Crippen molar-refractivity contribution in [2.24, 2.45) is 0 Å². The van der Waals surface area contributed by atoms with Gasteiger partial charge in [0.25, 0.3) is 0 Å². The molecule has 0 aromatic heterocycles. The molecule has 128 valence electrons. The standard InChI is InChI=1S/C18H36O2.O.Ti.Zn/c1-2-3-4-5-6-7-8-9-10-11-12-13-14-15-16-17-18(19)20;;;/h2-17H2,1H3,(H,19,20);;;/q;-2;+4;+2/p-1. The Morgan fingerprint density at radius 3 is 1.17 bits per heavy atom. The van der Waals surface area contributed by atoms with E-state index in [1.807, 2.05) is 0 Å². The number of rotatable bonds is 16. The van der Waals surface area contributed by atoms with E-state index in [1.165, 1.54) is 83.5 Å². The SMILES string of the molecule is CCCCCCCCCCCCCCCCCC(=O)[O-].[O-2].[Ti+4].[Zn+2]. The number of hydrogen-bond acceptors (Lipinski definition) is 2. The zero-order valence-corrected chi connectivity index (χ0v) is 19.8. The smallest absolute Gasteiger partial charge is 2.00 e. The van der Waals surface area contributed by atoms with Crippen molar-refractivity contribution in [3.63, 3.8) is 0 Å². The zero-order valence-electron chi connectivity index (χ0n) is 15.2. The number of carbonyl (C=O) groups is 1. The maximum Gasteiger partial charge on any atom is 4.00 e. The van der Waals surface area contributed by atoms with E-state index in [0.29, 0.717) is 0 Å². The van der Waals surface area contributed by atoms with Crippen molar-refractivity contribution in [3.05, 3.63) is 0 Å². The Hall–Kier alpha value is 0.768. The van der Waals surface area contributed by atoms with E-state index in [2.05, 4.69) is 6.92 Å². The molecule has 0 heterocycles. The van der Waals surface area contributed by atoms with Crippen LogP contribution in [0.1, 0.15) is 110 Å². The fraction of sp³-hybridized carbons (Fsp3) is 0.944. The molecule has 0 rings (SSSR count). The maximum absolute atomic E-state index is 10.2. The van der Waals surface area contributed by atoms with Crippen LogP contribution in [-0.4, -0.2) is 5.97 Å². The summed E-state index contributed by atoms with van der Waals surface area (Å²) in [6.07, 6.45) is 19.9. The first kappa shape index (κ1) is 31.5. The van der Waals surface area contributed by atoms with Crippen LogP contribution in [0, 0.1) is 0 Å². The average Bonchev–Trinajstić information content (AvgIpc) is 2.43. The topological polar surface area (TPSA) is 68.6 Å². The summed E-state index contributed by atoms with van der Waals surface area (Å²) in [6, 6.07) is 0. The van der Waals surface area contributed by atoms with Crippen molar-refractivity contribution < 1.29 is 56.6 Å². The summed E-state index contributed by atoms with van der Waals surface area (Å²) in [4.78, 5) is 10.2. The molecular formula is C18H35O3TiZn+3. The second kappa shape index (κ2) is 27.6. The number of hydrogen-bond donors (Lipinski definition) is 0. The van der Waals surface area contributed by atoms with Crippen molar-refractivity contribution in [2.75, 3.05) is 0 Å². The number of carboxylic acids is 1. The molecule has 5 heteroatoms. The predicted molar refractivity (Wildman–Crippen MR) is 85.2 cm³/mol. The van der Waals surface area contributed by atoms with Gasteiger partial charge in [-0.1, -0.05) is 96.8 Å². The van der Waals surface area contributed by atoms with Crippen LogP contribution in [0.2, 0.25) is 0 Å². The molecule has 23 heavy (non-hydrogen) atoms. The van der Waals surface area contributed by atoms with Crippen LogP contribution in [0.4, 0.5) is 0 Å². The van der Waals surface area contributed by atoms with Crippen LogP contribution < -0.4 is 5.11 Å². The van der Waals surface area contributed by atoms with Gasteiger partial charge in [-0.2, -0.15) is 0 Å². The minimum atomic E-state index is -0.903.